The summed E-state index contributed by atoms with van der Waals surface area (Å²) in [5.74, 6) is -1.26. The molecule has 1 amide bonds. The average Bonchev–Trinajstić information content (AvgIpc) is 2.46. The Labute approximate surface area is 125 Å². The Hall–Kier alpha value is -1.74. The van der Waals surface area contributed by atoms with Crippen LogP contribution in [0, 0.1) is 0 Å². The van der Waals surface area contributed by atoms with E-state index in [-0.39, 0.29) is 11.0 Å². The smallest absolute Gasteiger partial charge is 0.423 e. The molecular weight excluding hydrogens is 302 g/mol. The fraction of sp³-hybridized carbons (Fsp3) is 0.462. The van der Waals surface area contributed by atoms with E-state index >= 15 is 0 Å². The Bertz CT molecular complexity index is 545. The van der Waals surface area contributed by atoms with Crippen LogP contribution in [0.25, 0.3) is 0 Å². The lowest BCUT2D eigenvalue weighted by Crippen LogP contribution is -2.37. The van der Waals surface area contributed by atoms with Crippen molar-refractivity contribution in [3.63, 3.8) is 0 Å². The summed E-state index contributed by atoms with van der Waals surface area (Å²) < 4.78 is 41.2. The predicted molar refractivity (Wildman–Crippen MR) is 72.7 cm³/mol. The topological polar surface area (TPSA) is 70.0 Å². The van der Waals surface area contributed by atoms with Crippen molar-refractivity contribution in [3.05, 3.63) is 23.8 Å². The molecular formula is C13H15BF3NO4. The highest BCUT2D eigenvalue weighted by Crippen LogP contribution is 2.27. The van der Waals surface area contributed by atoms with Gasteiger partial charge in [-0.3, -0.25) is 4.79 Å². The lowest BCUT2D eigenvalue weighted by atomic mass is 9.79. The van der Waals surface area contributed by atoms with Gasteiger partial charge >= 0.3 is 13.5 Å². The Morgan fingerprint density at radius 2 is 1.82 bits per heavy atom. The molecule has 9 heteroatoms. The van der Waals surface area contributed by atoms with Crippen molar-refractivity contribution < 1.29 is 32.8 Å². The van der Waals surface area contributed by atoms with Gasteiger partial charge in [0.15, 0.2) is 0 Å². The molecule has 2 rings (SSSR count). The van der Waals surface area contributed by atoms with Crippen molar-refractivity contribution in [2.75, 3.05) is 13.1 Å². The highest BCUT2D eigenvalue weighted by atomic mass is 19.4. The quantitative estimate of drug-likeness (QED) is 0.813. The first-order valence-electron chi connectivity index (χ1n) is 6.83. The van der Waals surface area contributed by atoms with E-state index in [1.807, 2.05) is 0 Å². The van der Waals surface area contributed by atoms with Crippen LogP contribution in [0.3, 0.4) is 0 Å². The number of hydrogen-bond donors (Lipinski definition) is 2. The number of carbonyl (C=O) groups excluding carboxylic acids is 1. The lowest BCUT2D eigenvalue weighted by molar-refractivity contribution is -0.274. The molecule has 0 aliphatic carbocycles. The number of halogens is 3. The summed E-state index contributed by atoms with van der Waals surface area (Å²) in [5.41, 5.74) is -0.403. The van der Waals surface area contributed by atoms with Crippen LogP contribution in [0.1, 0.15) is 29.6 Å². The Morgan fingerprint density at radius 1 is 1.18 bits per heavy atom. The molecule has 1 heterocycles. The second kappa shape index (κ2) is 6.57. The van der Waals surface area contributed by atoms with Crippen LogP contribution in [-0.4, -0.2) is 47.4 Å². The molecule has 0 radical (unpaired) electrons. The average molecular weight is 317 g/mol. The van der Waals surface area contributed by atoms with Crippen LogP contribution in [-0.2, 0) is 0 Å². The van der Waals surface area contributed by atoms with Crippen LogP contribution in [0.5, 0.6) is 5.75 Å². The van der Waals surface area contributed by atoms with E-state index in [9.17, 15) is 18.0 Å². The van der Waals surface area contributed by atoms with Crippen molar-refractivity contribution in [1.29, 1.82) is 0 Å². The maximum atomic E-state index is 12.4. The summed E-state index contributed by atoms with van der Waals surface area (Å²) in [5, 5.41) is 18.3. The molecule has 1 aliphatic heterocycles. The summed E-state index contributed by atoms with van der Waals surface area (Å²) in [6.07, 6.45) is -2.41. The van der Waals surface area contributed by atoms with Crippen molar-refractivity contribution in [2.24, 2.45) is 0 Å². The zero-order valence-electron chi connectivity index (χ0n) is 11.6. The number of likely N-dealkylation sites (tertiary alicyclic amines) is 1. The standard InChI is InChI=1S/C13H15BF3NO4/c15-13(16,17)22-11-5-4-9(14(20)21)8-10(11)12(19)18-6-2-1-3-7-18/h4-5,8,20-21H,1-3,6-7H2. The Balaban J connectivity index is 2.35. The van der Waals surface area contributed by atoms with E-state index in [2.05, 4.69) is 4.74 Å². The van der Waals surface area contributed by atoms with Gasteiger partial charge in [0, 0.05) is 13.1 Å². The van der Waals surface area contributed by atoms with Crippen molar-refractivity contribution >= 4 is 18.5 Å². The Morgan fingerprint density at radius 3 is 2.36 bits per heavy atom. The molecule has 5 nitrogen and oxygen atoms in total. The number of benzene rings is 1. The number of alkyl halides is 3. The van der Waals surface area contributed by atoms with Crippen molar-refractivity contribution in [3.8, 4) is 5.75 Å². The van der Waals surface area contributed by atoms with Gasteiger partial charge in [0.1, 0.15) is 5.75 Å². The number of hydrogen-bond acceptors (Lipinski definition) is 4. The second-order valence-corrected chi connectivity index (χ2v) is 5.03. The number of ether oxygens (including phenoxy) is 1. The molecule has 120 valence electrons. The summed E-state index contributed by atoms with van der Waals surface area (Å²) in [7, 11) is -1.88. The first-order valence-corrected chi connectivity index (χ1v) is 6.83. The SMILES string of the molecule is O=C(c1cc(B(O)O)ccc1OC(F)(F)F)N1CCCCC1. The third-order valence-electron chi connectivity index (χ3n) is 3.40. The molecule has 0 saturated carbocycles. The maximum absolute atomic E-state index is 12.4. The van der Waals surface area contributed by atoms with Gasteiger partial charge in [0.2, 0.25) is 0 Å². The van der Waals surface area contributed by atoms with Gasteiger partial charge in [-0.15, -0.1) is 13.2 Å². The van der Waals surface area contributed by atoms with E-state index in [1.54, 1.807) is 0 Å². The van der Waals surface area contributed by atoms with Crippen LogP contribution in [0.15, 0.2) is 18.2 Å². The first kappa shape index (κ1) is 16.6. The van der Waals surface area contributed by atoms with Gasteiger partial charge in [-0.05, 0) is 36.9 Å². The van der Waals surface area contributed by atoms with Gasteiger partial charge in [-0.1, -0.05) is 6.07 Å². The largest absolute Gasteiger partial charge is 0.573 e. The van der Waals surface area contributed by atoms with E-state index in [0.29, 0.717) is 13.1 Å². The summed E-state index contributed by atoms with van der Waals surface area (Å²) in [4.78, 5) is 13.8. The first-order chi connectivity index (χ1) is 10.3. The van der Waals surface area contributed by atoms with Gasteiger partial charge in [0.05, 0.1) is 5.56 Å². The van der Waals surface area contributed by atoms with E-state index in [1.165, 1.54) is 4.90 Å². The molecule has 2 N–H and O–H groups in total. The maximum Gasteiger partial charge on any atom is 0.573 e. The Kier molecular flexibility index (Phi) is 4.97. The fourth-order valence-corrected chi connectivity index (χ4v) is 2.36. The number of carbonyl (C=O) groups is 1. The highest BCUT2D eigenvalue weighted by Gasteiger charge is 2.34. The zero-order chi connectivity index (χ0) is 16.3. The summed E-state index contributed by atoms with van der Waals surface area (Å²) in [6, 6.07) is 3.00. The predicted octanol–water partition coefficient (Wildman–Crippen LogP) is 0.891. The molecule has 1 aromatic rings. The highest BCUT2D eigenvalue weighted by molar-refractivity contribution is 6.58. The summed E-state index contributed by atoms with van der Waals surface area (Å²) in [6.45, 7) is 0.909. The van der Waals surface area contributed by atoms with Crippen molar-refractivity contribution in [1.82, 2.24) is 4.90 Å². The molecule has 1 aliphatic rings. The number of nitrogens with zero attached hydrogens (tertiary/aromatic N) is 1. The van der Waals surface area contributed by atoms with Crippen LogP contribution >= 0.6 is 0 Å². The summed E-state index contributed by atoms with van der Waals surface area (Å²) >= 11 is 0. The van der Waals surface area contributed by atoms with Crippen LogP contribution in [0.2, 0.25) is 0 Å². The van der Waals surface area contributed by atoms with E-state index < -0.39 is 25.1 Å². The van der Waals surface area contributed by atoms with Gasteiger partial charge < -0.3 is 19.7 Å². The van der Waals surface area contributed by atoms with E-state index in [4.69, 9.17) is 10.0 Å². The molecule has 1 saturated heterocycles. The molecule has 22 heavy (non-hydrogen) atoms. The lowest BCUT2D eigenvalue weighted by Gasteiger charge is -2.27. The minimum atomic E-state index is -4.93. The number of amides is 1. The normalized spacial score (nSPS) is 15.6. The molecule has 0 unspecified atom stereocenters. The second-order valence-electron chi connectivity index (χ2n) is 5.03. The molecule has 1 aromatic carbocycles. The number of piperidine rings is 1. The molecule has 0 aromatic heterocycles. The minimum Gasteiger partial charge on any atom is -0.423 e. The monoisotopic (exact) mass is 317 g/mol. The van der Waals surface area contributed by atoms with Crippen LogP contribution in [0.4, 0.5) is 13.2 Å². The molecule has 0 spiro atoms. The molecule has 0 atom stereocenters. The third-order valence-corrected chi connectivity index (χ3v) is 3.40. The fourth-order valence-electron chi connectivity index (χ4n) is 2.36. The van der Waals surface area contributed by atoms with E-state index in [0.717, 1.165) is 37.5 Å². The van der Waals surface area contributed by atoms with Gasteiger partial charge in [-0.2, -0.15) is 0 Å². The van der Waals surface area contributed by atoms with Crippen LogP contribution < -0.4 is 10.2 Å². The number of rotatable bonds is 3. The van der Waals surface area contributed by atoms with Gasteiger partial charge in [0.25, 0.3) is 5.91 Å². The molecule has 0 bridgehead atoms. The third kappa shape index (κ3) is 4.14. The zero-order valence-corrected chi connectivity index (χ0v) is 11.6. The van der Waals surface area contributed by atoms with Crippen molar-refractivity contribution in [2.45, 2.75) is 25.6 Å². The van der Waals surface area contributed by atoms with Gasteiger partial charge in [-0.25, -0.2) is 0 Å². The molecule has 1 fully saturated rings. The minimum absolute atomic E-state index is 0.0742.